The van der Waals surface area contributed by atoms with Gasteiger partial charge in [-0.05, 0) is 188 Å². The molecule has 5 saturated carbocycles. The number of Topliss-reactive ketones (excluding diaryl/α,β-unsaturated/α-hetero) is 1. The lowest BCUT2D eigenvalue weighted by Gasteiger charge is -2.58. The molecule has 4 aliphatic heterocycles. The zero-order valence-corrected chi connectivity index (χ0v) is 47.8. The first kappa shape index (κ1) is 52.2. The van der Waals surface area contributed by atoms with Crippen LogP contribution in [0.4, 0.5) is 0 Å². The molecule has 6 fully saturated rings. The molecule has 1 aromatic heterocycles. The van der Waals surface area contributed by atoms with E-state index in [0.29, 0.717) is 46.4 Å². The standard InChI is InChI=1S/C70H74N2O12/c1-80-61-44-15-14-40-26-38-9-5-12-42(38)55-54(40)56(44)58-60(76)57(55)51(74)32-72-31-48-37(8-4-13-43(48)64(72)77)10-7-25-81-63-59(75)53-33-82-52(17-16-45(61)62(58)84-65(83-53)70(63,79)36-73)47-30-71-50-27-39-18-22-68(49(39)28-46(47)50)35-69(78)21-6-11-41(69)29-67(68)24-23-66(34-67)19-2-3-20-66/h4,8,13,16-17,26-28,30,38,41-42,52-53,59,63,65,71,73,75-76,78-79H,2-3,5-6,9-12,14-15,18-24,29,31-36H2,1H3. The van der Waals surface area contributed by atoms with E-state index in [4.69, 9.17) is 23.7 Å². The van der Waals surface area contributed by atoms with Gasteiger partial charge < -0.3 is 59.1 Å². The van der Waals surface area contributed by atoms with Gasteiger partial charge in [-0.15, -0.1) is 0 Å². The summed E-state index contributed by atoms with van der Waals surface area (Å²) in [7, 11) is 1.61. The van der Waals surface area contributed by atoms with Gasteiger partial charge in [0.15, 0.2) is 17.5 Å². The monoisotopic (exact) mass is 1130 g/mol. The summed E-state index contributed by atoms with van der Waals surface area (Å²) in [5, 5.41) is 65.1. The first-order valence-electron chi connectivity index (χ1n) is 31.5. The van der Waals surface area contributed by atoms with Crippen molar-refractivity contribution in [1.29, 1.82) is 0 Å². The number of amides is 1. The fourth-order valence-electron chi connectivity index (χ4n) is 20.3. The molecule has 5 aromatic rings. The van der Waals surface area contributed by atoms with Gasteiger partial charge in [-0.25, -0.2) is 0 Å². The smallest absolute Gasteiger partial charge is 0.254 e. The van der Waals surface area contributed by atoms with E-state index in [-0.39, 0.29) is 77.1 Å². The van der Waals surface area contributed by atoms with Gasteiger partial charge in [0.1, 0.15) is 41.7 Å². The van der Waals surface area contributed by atoms with E-state index in [1.165, 1.54) is 56.1 Å². The number of phenols is 1. The van der Waals surface area contributed by atoms with Crippen molar-refractivity contribution >= 4 is 45.0 Å². The second kappa shape index (κ2) is 18.4. The number of aliphatic hydroxyl groups excluding tert-OH is 2. The fourth-order valence-corrected chi connectivity index (χ4v) is 20.3. The Labute approximate surface area is 488 Å². The van der Waals surface area contributed by atoms with Gasteiger partial charge >= 0.3 is 0 Å². The van der Waals surface area contributed by atoms with Crippen molar-refractivity contribution in [2.45, 2.75) is 188 Å². The molecule has 0 radical (unpaired) electrons. The molecule has 14 nitrogen and oxygen atoms in total. The Bertz CT molecular complexity index is 3840. The fraction of sp³-hybridized carbons (Fsp3) is 0.543. The molecule has 8 aliphatic carbocycles. The largest absolute Gasteiger partial charge is 0.506 e. The van der Waals surface area contributed by atoms with Crippen LogP contribution in [0.2, 0.25) is 0 Å². The summed E-state index contributed by atoms with van der Waals surface area (Å²) in [5.41, 5.74) is 7.74. The van der Waals surface area contributed by atoms with E-state index in [2.05, 4.69) is 35.2 Å². The maximum absolute atomic E-state index is 15.6. The number of aryl methyl sites for hydroxylation is 2. The number of aromatic amines is 1. The molecule has 1 saturated heterocycles. The van der Waals surface area contributed by atoms with Crippen molar-refractivity contribution < 1.29 is 58.8 Å². The molecule has 4 aromatic carbocycles. The van der Waals surface area contributed by atoms with Crippen LogP contribution in [0.3, 0.4) is 0 Å². The van der Waals surface area contributed by atoms with Crippen LogP contribution in [0.5, 0.6) is 17.2 Å². The maximum Gasteiger partial charge on any atom is 0.254 e. The highest BCUT2D eigenvalue weighted by Crippen LogP contribution is 2.74. The van der Waals surface area contributed by atoms with E-state index >= 15 is 4.79 Å². The number of phenolic OH excluding ortho intramolecular Hbond substituents is 1. The molecule has 12 unspecified atom stereocenters. The summed E-state index contributed by atoms with van der Waals surface area (Å²) >= 11 is 0. The molecule has 12 aliphatic rings. The van der Waals surface area contributed by atoms with E-state index in [0.717, 1.165) is 114 Å². The van der Waals surface area contributed by atoms with E-state index in [1.54, 1.807) is 24.1 Å². The third kappa shape index (κ3) is 7.08. The number of aliphatic hydroxyl groups is 4. The van der Waals surface area contributed by atoms with Crippen molar-refractivity contribution in [1.82, 2.24) is 9.88 Å². The first-order chi connectivity index (χ1) is 40.8. The number of nitrogens with zero attached hydrogens (tertiary/aromatic N) is 1. The molecule has 17 rings (SSSR count). The Balaban J connectivity index is 0.878. The SMILES string of the molecule is COc1c2c3c4c(O)c(c5c6c4c1CCC6=CC1CCCC51)C(=O)CN1Cc4c(cccc4C1=O)CC#COC1C(O)C(COC(c4c[nH]c5cc6c(cc45)C4(CC6)CC5(O)CCCC5CC45CCC4(CCCC4)C5)C=C2)OC(O3)C1(O)CO. The van der Waals surface area contributed by atoms with Crippen LogP contribution in [0, 0.1) is 34.7 Å². The summed E-state index contributed by atoms with van der Waals surface area (Å²) in [5.74, 6) is 2.98. The molecule has 12 atom stereocenters. The van der Waals surface area contributed by atoms with Crippen LogP contribution in [0.15, 0.2) is 48.7 Å². The average molecular weight is 1140 g/mol. The van der Waals surface area contributed by atoms with Crippen LogP contribution in [-0.4, -0.2) is 110 Å². The van der Waals surface area contributed by atoms with Crippen molar-refractivity contribution in [3.05, 3.63) is 110 Å². The minimum atomic E-state index is -2.47. The van der Waals surface area contributed by atoms with Crippen molar-refractivity contribution in [3.63, 3.8) is 0 Å². The lowest BCUT2D eigenvalue weighted by atomic mass is 9.47. The summed E-state index contributed by atoms with van der Waals surface area (Å²) in [6.45, 7) is -1.35. The molecule has 1 amide bonds. The van der Waals surface area contributed by atoms with Gasteiger partial charge in [0.2, 0.25) is 6.29 Å². The third-order valence-corrected chi connectivity index (χ3v) is 24.1. The number of ketones is 1. The number of allylic oxidation sites excluding steroid dienone is 2. The minimum absolute atomic E-state index is 0.0277. The third-order valence-electron chi connectivity index (χ3n) is 24.1. The number of methoxy groups -OCH3 is 1. The van der Waals surface area contributed by atoms with Gasteiger partial charge in [-0.2, -0.15) is 0 Å². The highest BCUT2D eigenvalue weighted by atomic mass is 16.7. The van der Waals surface area contributed by atoms with E-state index < -0.39 is 54.3 Å². The van der Waals surface area contributed by atoms with Gasteiger partial charge in [-0.3, -0.25) is 9.59 Å². The number of carbonyl (C=O) groups is 2. The lowest BCUT2D eigenvalue weighted by molar-refractivity contribution is -0.328. The van der Waals surface area contributed by atoms with Gasteiger partial charge in [-0.1, -0.05) is 55.9 Å². The summed E-state index contributed by atoms with van der Waals surface area (Å²) in [4.78, 5) is 35.1. The van der Waals surface area contributed by atoms with Crippen LogP contribution < -0.4 is 9.47 Å². The summed E-state index contributed by atoms with van der Waals surface area (Å²) < 4.78 is 33.8. The first-order valence-corrected chi connectivity index (χ1v) is 31.5. The Morgan fingerprint density at radius 1 is 0.905 bits per heavy atom. The second-order valence-electron chi connectivity index (χ2n) is 27.9. The Kier molecular flexibility index (Phi) is 11.4. The van der Waals surface area contributed by atoms with Crippen LogP contribution in [0.1, 0.15) is 192 Å². The summed E-state index contributed by atoms with van der Waals surface area (Å²) in [6, 6.07) is 10.2. The molecule has 8 bridgehead atoms. The Hall–Kier alpha value is -6.18. The van der Waals surface area contributed by atoms with E-state index in [1.807, 2.05) is 24.4 Å². The quantitative estimate of drug-likeness (QED) is 0.0936. The predicted octanol–water partition coefficient (Wildman–Crippen LogP) is 10.2. The highest BCUT2D eigenvalue weighted by molar-refractivity contribution is 6.17. The molecule has 5 heterocycles. The molecule has 6 N–H and O–H groups in total. The van der Waals surface area contributed by atoms with Gasteiger partial charge in [0.25, 0.3) is 5.91 Å². The molecular weight excluding hydrogens is 1060 g/mol. The topological polar surface area (TPSA) is 200 Å². The number of nitrogens with one attached hydrogen (secondary N) is 1. The predicted molar refractivity (Wildman–Crippen MR) is 312 cm³/mol. The van der Waals surface area contributed by atoms with Crippen LogP contribution in [-0.2, 0) is 45.4 Å². The van der Waals surface area contributed by atoms with Crippen molar-refractivity contribution in [2.75, 3.05) is 26.9 Å². The molecular formula is C70H74N2O12. The number of carbonyl (C=O) groups excluding carboxylic acids is 2. The molecule has 84 heavy (non-hydrogen) atoms. The molecule has 436 valence electrons. The maximum atomic E-state index is 15.6. The number of ether oxygens (including phenoxy) is 5. The average Bonchev–Trinajstić information content (AvgIpc) is 1.42. The van der Waals surface area contributed by atoms with Gasteiger partial charge in [0, 0.05) is 57.6 Å². The van der Waals surface area contributed by atoms with E-state index in [9.17, 15) is 30.3 Å². The summed E-state index contributed by atoms with van der Waals surface area (Å²) in [6.07, 6.45) is 23.8. The van der Waals surface area contributed by atoms with Gasteiger partial charge in [0.05, 0.1) is 49.0 Å². The normalized spacial score (nSPS) is 35.6. The number of hydrogen-bond donors (Lipinski definition) is 6. The van der Waals surface area contributed by atoms with Crippen LogP contribution >= 0.6 is 0 Å². The Morgan fingerprint density at radius 3 is 2.64 bits per heavy atom. The number of fused-ring (bicyclic) bond motifs is 12. The Morgan fingerprint density at radius 2 is 1.79 bits per heavy atom. The van der Waals surface area contributed by atoms with Crippen LogP contribution in [0.25, 0.3) is 33.3 Å². The molecule has 14 heteroatoms. The number of aromatic hydroxyl groups is 1. The number of H-pyrrole nitrogens is 1. The zero-order valence-electron chi connectivity index (χ0n) is 47.8. The molecule has 3 spiro atoms. The number of aromatic nitrogens is 1. The second-order valence-corrected chi connectivity index (χ2v) is 27.9. The van der Waals surface area contributed by atoms with Crippen molar-refractivity contribution in [3.8, 4) is 29.3 Å². The highest BCUT2D eigenvalue weighted by Gasteiger charge is 2.68. The van der Waals surface area contributed by atoms with Crippen molar-refractivity contribution in [2.24, 2.45) is 22.7 Å². The minimum Gasteiger partial charge on any atom is -0.506 e. The number of hydrogen-bond acceptors (Lipinski definition) is 12. The zero-order chi connectivity index (χ0) is 56.8. The number of benzene rings is 4. The number of rotatable bonds is 3. The lowest BCUT2D eigenvalue weighted by Crippen LogP contribution is -2.70.